The molecule has 0 bridgehead atoms. The minimum atomic E-state index is -0.0539. The van der Waals surface area contributed by atoms with E-state index in [4.69, 9.17) is 5.26 Å². The summed E-state index contributed by atoms with van der Waals surface area (Å²) in [7, 11) is 0. The van der Waals surface area contributed by atoms with E-state index in [-0.39, 0.29) is 5.91 Å². The Bertz CT molecular complexity index is 648. The Morgan fingerprint density at radius 1 is 1.33 bits per heavy atom. The van der Waals surface area contributed by atoms with E-state index >= 15 is 0 Å². The second kappa shape index (κ2) is 8.02. The van der Waals surface area contributed by atoms with Crippen molar-refractivity contribution in [3.63, 3.8) is 0 Å². The predicted octanol–water partition coefficient (Wildman–Crippen LogP) is 3.25. The number of nitrogens with one attached hydrogen (secondary N) is 1. The van der Waals surface area contributed by atoms with Crippen molar-refractivity contribution >= 4 is 46.5 Å². The Balaban J connectivity index is 1.75. The fraction of sp³-hybridized carbons (Fsp3) is 0.231. The van der Waals surface area contributed by atoms with Gasteiger partial charge in [-0.3, -0.25) is 4.79 Å². The average molecular weight is 336 g/mol. The first-order chi connectivity index (χ1) is 10.2. The highest BCUT2D eigenvalue weighted by molar-refractivity contribution is 8.02. The van der Waals surface area contributed by atoms with Crippen molar-refractivity contribution in [2.75, 3.05) is 17.3 Å². The quantitative estimate of drug-likeness (QED) is 0.816. The summed E-state index contributed by atoms with van der Waals surface area (Å²) in [6, 6.07) is 8.83. The summed E-state index contributed by atoms with van der Waals surface area (Å²) in [6.45, 7) is 0. The zero-order valence-electron chi connectivity index (χ0n) is 11.2. The van der Waals surface area contributed by atoms with Crippen molar-refractivity contribution in [1.82, 2.24) is 10.2 Å². The van der Waals surface area contributed by atoms with Crippen LogP contribution in [0.4, 0.5) is 5.69 Å². The van der Waals surface area contributed by atoms with Crippen LogP contribution in [-0.2, 0) is 4.79 Å². The van der Waals surface area contributed by atoms with Crippen LogP contribution in [0.25, 0.3) is 0 Å². The van der Waals surface area contributed by atoms with E-state index in [2.05, 4.69) is 15.5 Å². The van der Waals surface area contributed by atoms with Crippen LogP contribution in [0.15, 0.2) is 32.9 Å². The molecule has 0 aliphatic carbocycles. The Kier molecular flexibility index (Phi) is 6.04. The van der Waals surface area contributed by atoms with Crippen molar-refractivity contribution < 1.29 is 4.79 Å². The van der Waals surface area contributed by atoms with E-state index in [1.165, 1.54) is 23.1 Å². The molecule has 0 spiro atoms. The first-order valence-electron chi connectivity index (χ1n) is 6.01. The number of thioether (sulfide) groups is 2. The first kappa shape index (κ1) is 15.8. The molecule has 2 rings (SSSR count). The molecule has 1 amide bonds. The van der Waals surface area contributed by atoms with Gasteiger partial charge in [-0.05, 0) is 30.5 Å². The average Bonchev–Trinajstić information content (AvgIpc) is 2.96. The molecule has 1 heterocycles. The summed E-state index contributed by atoms with van der Waals surface area (Å²) in [5.41, 5.74) is 1.27. The molecule has 0 saturated carbocycles. The van der Waals surface area contributed by atoms with Gasteiger partial charge in [-0.25, -0.2) is 0 Å². The molecular weight excluding hydrogens is 324 g/mol. The molecule has 5 nitrogen and oxygen atoms in total. The molecule has 1 aromatic carbocycles. The third kappa shape index (κ3) is 5.04. The molecule has 2 aromatic rings. The largest absolute Gasteiger partial charge is 0.326 e. The zero-order chi connectivity index (χ0) is 15.1. The maximum atomic E-state index is 11.8. The predicted molar refractivity (Wildman–Crippen MR) is 86.8 cm³/mol. The van der Waals surface area contributed by atoms with Crippen LogP contribution in [0.2, 0.25) is 0 Å². The number of hydrogen-bond acceptors (Lipinski definition) is 7. The van der Waals surface area contributed by atoms with Crippen LogP contribution in [-0.4, -0.2) is 28.1 Å². The number of aromatic nitrogens is 2. The van der Waals surface area contributed by atoms with E-state index in [1.54, 1.807) is 36.0 Å². The van der Waals surface area contributed by atoms with E-state index in [9.17, 15) is 4.79 Å². The summed E-state index contributed by atoms with van der Waals surface area (Å²) in [5.74, 6) is 0.604. The molecule has 0 radical (unpaired) electrons. The van der Waals surface area contributed by atoms with Crippen LogP contribution in [0.3, 0.4) is 0 Å². The summed E-state index contributed by atoms with van der Waals surface area (Å²) < 4.78 is 1.81. The maximum absolute atomic E-state index is 11.8. The molecule has 0 aliphatic rings. The zero-order valence-corrected chi connectivity index (χ0v) is 13.6. The van der Waals surface area contributed by atoms with Gasteiger partial charge >= 0.3 is 0 Å². The van der Waals surface area contributed by atoms with Gasteiger partial charge in [0.05, 0.1) is 11.6 Å². The molecule has 0 aliphatic heterocycles. The molecule has 108 valence electrons. The van der Waals surface area contributed by atoms with Crippen LogP contribution in [0, 0.1) is 11.3 Å². The number of nitriles is 1. The van der Waals surface area contributed by atoms with Crippen molar-refractivity contribution in [1.29, 1.82) is 5.26 Å². The third-order valence-electron chi connectivity index (χ3n) is 2.41. The highest BCUT2D eigenvalue weighted by Gasteiger charge is 2.06. The van der Waals surface area contributed by atoms with Crippen molar-refractivity contribution in [2.24, 2.45) is 0 Å². The first-order valence-corrected chi connectivity index (χ1v) is 9.04. The minimum Gasteiger partial charge on any atom is -0.326 e. The van der Waals surface area contributed by atoms with Gasteiger partial charge in [0, 0.05) is 17.9 Å². The molecule has 8 heteroatoms. The van der Waals surface area contributed by atoms with Gasteiger partial charge in [-0.1, -0.05) is 34.9 Å². The van der Waals surface area contributed by atoms with Gasteiger partial charge in [-0.2, -0.15) is 5.26 Å². The number of hydrogen-bond donors (Lipinski definition) is 1. The monoisotopic (exact) mass is 336 g/mol. The second-order valence-corrected chi connectivity index (χ2v) is 7.25. The van der Waals surface area contributed by atoms with Crippen LogP contribution in [0.1, 0.15) is 12.0 Å². The summed E-state index contributed by atoms with van der Waals surface area (Å²) in [6.07, 6.45) is 2.36. The maximum Gasteiger partial charge on any atom is 0.225 e. The number of nitrogens with zero attached hydrogens (tertiary/aromatic N) is 3. The molecule has 0 fully saturated rings. The van der Waals surface area contributed by atoms with Crippen LogP contribution >= 0.6 is 34.9 Å². The molecule has 0 saturated heterocycles. The lowest BCUT2D eigenvalue weighted by molar-refractivity contribution is -0.115. The van der Waals surface area contributed by atoms with E-state index in [1.807, 2.05) is 12.3 Å². The number of carbonyl (C=O) groups excluding carboxylic acids is 1. The highest BCUT2D eigenvalue weighted by atomic mass is 32.2. The Labute approximate surface area is 135 Å². The number of amides is 1. The summed E-state index contributed by atoms with van der Waals surface area (Å²) in [4.78, 5) is 11.8. The Morgan fingerprint density at radius 2 is 2.05 bits per heavy atom. The van der Waals surface area contributed by atoms with Gasteiger partial charge in [-0.15, -0.1) is 10.2 Å². The molecule has 21 heavy (non-hydrogen) atoms. The van der Waals surface area contributed by atoms with Gasteiger partial charge in [0.25, 0.3) is 0 Å². The standard InChI is InChI=1S/C13H12N4OS3/c1-19-12-16-17-13(21-12)20-7-6-11(18)15-10-4-2-9(8-14)3-5-10/h2-5H,6-7H2,1H3,(H,15,18). The molecule has 1 aromatic heterocycles. The smallest absolute Gasteiger partial charge is 0.225 e. The molecule has 0 unspecified atom stereocenters. The lowest BCUT2D eigenvalue weighted by Crippen LogP contribution is -2.12. The van der Waals surface area contributed by atoms with Crippen LogP contribution in [0.5, 0.6) is 0 Å². The number of carbonyl (C=O) groups is 1. The van der Waals surface area contributed by atoms with Crippen molar-refractivity contribution in [3.8, 4) is 6.07 Å². The van der Waals surface area contributed by atoms with Crippen molar-refractivity contribution in [3.05, 3.63) is 29.8 Å². The number of rotatable bonds is 6. The molecule has 1 N–H and O–H groups in total. The van der Waals surface area contributed by atoms with E-state index in [0.717, 1.165) is 8.68 Å². The topological polar surface area (TPSA) is 78.7 Å². The normalized spacial score (nSPS) is 10.1. The number of benzene rings is 1. The Morgan fingerprint density at radius 3 is 2.67 bits per heavy atom. The van der Waals surface area contributed by atoms with Gasteiger partial charge in [0.2, 0.25) is 5.91 Å². The molecular formula is C13H12N4OS3. The fourth-order valence-corrected chi connectivity index (χ4v) is 3.87. The lowest BCUT2D eigenvalue weighted by Gasteiger charge is -2.04. The van der Waals surface area contributed by atoms with Crippen molar-refractivity contribution in [2.45, 2.75) is 15.1 Å². The van der Waals surface area contributed by atoms with Gasteiger partial charge in [0.15, 0.2) is 8.68 Å². The number of anilines is 1. The summed E-state index contributed by atoms with van der Waals surface area (Å²) >= 11 is 4.63. The van der Waals surface area contributed by atoms with Crippen LogP contribution < -0.4 is 5.32 Å². The Hall–Kier alpha value is -1.56. The third-order valence-corrected chi connectivity index (χ3v) is 5.45. The van der Waals surface area contributed by atoms with E-state index < -0.39 is 0 Å². The van der Waals surface area contributed by atoms with Gasteiger partial charge < -0.3 is 5.32 Å². The van der Waals surface area contributed by atoms with Gasteiger partial charge in [0.1, 0.15) is 0 Å². The molecule has 0 atom stereocenters. The minimum absolute atomic E-state index is 0.0539. The second-order valence-electron chi connectivity index (χ2n) is 3.87. The van der Waals surface area contributed by atoms with E-state index in [0.29, 0.717) is 23.4 Å². The fourth-order valence-electron chi connectivity index (χ4n) is 1.42. The lowest BCUT2D eigenvalue weighted by atomic mass is 10.2. The highest BCUT2D eigenvalue weighted by Crippen LogP contribution is 2.27. The summed E-state index contributed by atoms with van der Waals surface area (Å²) in [5, 5.41) is 19.5. The SMILES string of the molecule is CSc1nnc(SCCC(=O)Nc2ccc(C#N)cc2)s1.